The fourth-order valence-corrected chi connectivity index (χ4v) is 7.69. The normalized spacial score (nSPS) is 27.5. The first-order chi connectivity index (χ1) is 18.3. The predicted molar refractivity (Wildman–Crippen MR) is 158 cm³/mol. The topological polar surface area (TPSA) is 68.1 Å². The van der Waals surface area contributed by atoms with Gasteiger partial charge in [0.15, 0.2) is 5.78 Å². The number of esters is 1. The van der Waals surface area contributed by atoms with Gasteiger partial charge >= 0.3 is 5.97 Å². The molecule has 0 N–H and O–H groups in total. The van der Waals surface area contributed by atoms with Crippen LogP contribution in [0.1, 0.15) is 108 Å². The fraction of sp³-hybridized carbons (Fsp3) is 0.562. The second-order valence-electron chi connectivity index (χ2n) is 11.1. The lowest BCUT2D eigenvalue weighted by Gasteiger charge is -2.28. The highest BCUT2D eigenvalue weighted by molar-refractivity contribution is 7.14. The number of carbonyl (C=O) groups excluding carboxylic acids is 2. The maximum Gasteiger partial charge on any atom is 0.348 e. The number of Topliss-reactive ketones (excluding diaryl/α,β-unsaturated/α-hetero) is 1. The maximum atomic E-state index is 13.8. The van der Waals surface area contributed by atoms with Crippen molar-refractivity contribution in [2.75, 3.05) is 13.2 Å². The summed E-state index contributed by atoms with van der Waals surface area (Å²) < 4.78 is 5.28. The van der Waals surface area contributed by atoms with Crippen LogP contribution < -0.4 is 0 Å². The van der Waals surface area contributed by atoms with Gasteiger partial charge in [-0.1, -0.05) is 45.0 Å². The summed E-state index contributed by atoms with van der Waals surface area (Å²) in [4.78, 5) is 37.4. The quantitative estimate of drug-likeness (QED) is 0.200. The Balaban J connectivity index is 1.52. The van der Waals surface area contributed by atoms with Gasteiger partial charge in [0.25, 0.3) is 0 Å². The smallest absolute Gasteiger partial charge is 0.348 e. The highest BCUT2D eigenvalue weighted by Crippen LogP contribution is 2.45. The van der Waals surface area contributed by atoms with Gasteiger partial charge in [0.1, 0.15) is 4.88 Å². The Kier molecular flexibility index (Phi) is 9.69. The highest BCUT2D eigenvalue weighted by atomic mass is 32.1. The van der Waals surface area contributed by atoms with E-state index in [0.29, 0.717) is 48.1 Å². The molecule has 1 saturated carbocycles. The first kappa shape index (κ1) is 28.4. The van der Waals surface area contributed by atoms with Crippen LogP contribution in [0, 0.1) is 17.8 Å². The van der Waals surface area contributed by atoms with E-state index >= 15 is 0 Å². The average molecular weight is 535 g/mol. The number of rotatable bonds is 8. The molecule has 6 unspecified atom stereocenters. The molecular weight excluding hydrogens is 492 g/mol. The van der Waals surface area contributed by atoms with Gasteiger partial charge in [0.05, 0.1) is 12.6 Å². The number of ketones is 1. The monoisotopic (exact) mass is 534 g/mol. The largest absolute Gasteiger partial charge is 0.462 e. The van der Waals surface area contributed by atoms with Crippen LogP contribution in [0.4, 0.5) is 0 Å². The Morgan fingerprint density at radius 3 is 2.61 bits per heavy atom. The maximum absolute atomic E-state index is 13.8. The van der Waals surface area contributed by atoms with E-state index in [1.54, 1.807) is 23.8 Å². The molecule has 0 saturated heterocycles. The summed E-state index contributed by atoms with van der Waals surface area (Å²) in [5.74, 6) is 1.77. The third kappa shape index (κ3) is 6.33. The second kappa shape index (κ2) is 13.0. The minimum Gasteiger partial charge on any atom is -0.462 e. The molecule has 204 valence electrons. The molecule has 0 bridgehead atoms. The number of thiophene rings is 1. The van der Waals surface area contributed by atoms with E-state index in [2.05, 4.69) is 43.7 Å². The SMILES string of the molecule is CCOC(=O)c1cc(CC)c(C2CCC(C)C(CC(=O)c3ccccc3C3CN=CC=NC3C)C(C)C2)s1. The van der Waals surface area contributed by atoms with E-state index in [0.717, 1.165) is 36.8 Å². The zero-order chi connectivity index (χ0) is 27.2. The number of benzene rings is 1. The van der Waals surface area contributed by atoms with E-state index in [-0.39, 0.29) is 23.7 Å². The van der Waals surface area contributed by atoms with Crippen molar-refractivity contribution in [3.8, 4) is 0 Å². The Labute approximate surface area is 231 Å². The fourth-order valence-electron chi connectivity index (χ4n) is 6.40. The molecule has 0 radical (unpaired) electrons. The Bertz CT molecular complexity index is 1180. The highest BCUT2D eigenvalue weighted by Gasteiger charge is 2.35. The zero-order valence-electron chi connectivity index (χ0n) is 23.5. The molecule has 4 rings (SSSR count). The lowest BCUT2D eigenvalue weighted by atomic mass is 9.77. The van der Waals surface area contributed by atoms with Crippen LogP contribution in [-0.4, -0.2) is 43.4 Å². The van der Waals surface area contributed by atoms with Crippen molar-refractivity contribution >= 4 is 35.5 Å². The van der Waals surface area contributed by atoms with Crippen molar-refractivity contribution in [3.63, 3.8) is 0 Å². The summed E-state index contributed by atoms with van der Waals surface area (Å²) >= 11 is 1.62. The molecule has 1 fully saturated rings. The first-order valence-corrected chi connectivity index (χ1v) is 15.1. The van der Waals surface area contributed by atoms with Crippen LogP contribution >= 0.6 is 11.3 Å². The van der Waals surface area contributed by atoms with E-state index < -0.39 is 0 Å². The lowest BCUT2D eigenvalue weighted by molar-refractivity contribution is 0.0532. The minimum absolute atomic E-state index is 0.0843. The number of aliphatic imine (C=N–C) groups is 2. The summed E-state index contributed by atoms with van der Waals surface area (Å²) in [6.45, 7) is 11.8. The molecule has 2 aliphatic rings. The molecule has 6 heteroatoms. The molecule has 1 aromatic heterocycles. The van der Waals surface area contributed by atoms with Crippen LogP contribution in [0.25, 0.3) is 0 Å². The standard InChI is InChI=1S/C32H42N2O3S/c1-6-23-17-30(32(36)37-7-2)38-31(23)24-13-12-20(3)27(21(4)16-24)18-29(35)26-11-9-8-10-25(26)28-19-33-14-15-34-22(28)5/h8-11,14-15,17,20-22,24,27-28H,6-7,12-13,16,18-19H2,1-5H3. The van der Waals surface area contributed by atoms with E-state index in [4.69, 9.17) is 4.74 Å². The Morgan fingerprint density at radius 1 is 1.05 bits per heavy atom. The van der Waals surface area contributed by atoms with Gasteiger partial charge in [0, 0.05) is 41.8 Å². The molecule has 2 aromatic rings. The third-order valence-electron chi connectivity index (χ3n) is 8.62. The number of hydrogen-bond donors (Lipinski definition) is 0. The van der Waals surface area contributed by atoms with Crippen molar-refractivity contribution in [1.29, 1.82) is 0 Å². The molecule has 38 heavy (non-hydrogen) atoms. The van der Waals surface area contributed by atoms with Gasteiger partial charge in [-0.15, -0.1) is 11.3 Å². The zero-order valence-corrected chi connectivity index (χ0v) is 24.3. The van der Waals surface area contributed by atoms with E-state index in [1.807, 2.05) is 31.2 Å². The van der Waals surface area contributed by atoms with Crippen molar-refractivity contribution < 1.29 is 14.3 Å². The molecule has 1 aromatic carbocycles. The molecule has 5 nitrogen and oxygen atoms in total. The van der Waals surface area contributed by atoms with Gasteiger partial charge in [0.2, 0.25) is 0 Å². The minimum atomic E-state index is -0.213. The summed E-state index contributed by atoms with van der Waals surface area (Å²) in [5.41, 5.74) is 3.18. The molecule has 6 atom stereocenters. The summed E-state index contributed by atoms with van der Waals surface area (Å²) in [5, 5.41) is 0. The van der Waals surface area contributed by atoms with Crippen LogP contribution in [-0.2, 0) is 11.2 Å². The number of nitrogens with zero attached hydrogens (tertiary/aromatic N) is 2. The van der Waals surface area contributed by atoms with Crippen LogP contribution in [0.2, 0.25) is 0 Å². The van der Waals surface area contributed by atoms with Gasteiger partial charge in [-0.25, -0.2) is 4.79 Å². The Hall–Kier alpha value is -2.60. The summed E-state index contributed by atoms with van der Waals surface area (Å²) in [7, 11) is 0. The van der Waals surface area contributed by atoms with Crippen LogP contribution in [0.5, 0.6) is 0 Å². The van der Waals surface area contributed by atoms with Gasteiger partial charge < -0.3 is 4.74 Å². The third-order valence-corrected chi connectivity index (χ3v) is 9.94. The number of aryl methyl sites for hydroxylation is 1. The molecule has 0 amide bonds. The lowest BCUT2D eigenvalue weighted by Crippen LogP contribution is -2.24. The van der Waals surface area contributed by atoms with Crippen molar-refractivity contribution in [3.05, 3.63) is 56.8 Å². The van der Waals surface area contributed by atoms with Crippen LogP contribution in [0.15, 0.2) is 40.3 Å². The molecule has 2 heterocycles. The van der Waals surface area contributed by atoms with Crippen LogP contribution in [0.3, 0.4) is 0 Å². The predicted octanol–water partition coefficient (Wildman–Crippen LogP) is 7.54. The van der Waals surface area contributed by atoms with E-state index in [9.17, 15) is 9.59 Å². The van der Waals surface area contributed by atoms with Gasteiger partial charge in [-0.2, -0.15) is 0 Å². The number of hydrogen-bond acceptors (Lipinski definition) is 6. The second-order valence-corrected chi connectivity index (χ2v) is 12.2. The molecular formula is C32H42N2O3S. The van der Waals surface area contributed by atoms with Gasteiger partial charge in [-0.05, 0) is 80.4 Å². The average Bonchev–Trinajstić information content (AvgIpc) is 3.17. The van der Waals surface area contributed by atoms with E-state index in [1.165, 1.54) is 10.4 Å². The summed E-state index contributed by atoms with van der Waals surface area (Å²) in [6, 6.07) is 10.2. The van der Waals surface area contributed by atoms with Gasteiger partial charge in [-0.3, -0.25) is 14.8 Å². The Morgan fingerprint density at radius 2 is 1.84 bits per heavy atom. The van der Waals surface area contributed by atoms with Crippen molar-refractivity contribution in [2.45, 2.75) is 84.6 Å². The first-order valence-electron chi connectivity index (χ1n) is 14.3. The molecule has 1 aliphatic carbocycles. The molecule has 1 aliphatic heterocycles. The number of ether oxygens (including phenoxy) is 1. The molecule has 0 spiro atoms. The van der Waals surface area contributed by atoms with Crippen molar-refractivity contribution in [1.82, 2.24) is 0 Å². The summed E-state index contributed by atoms with van der Waals surface area (Å²) in [6.07, 6.45) is 8.25. The number of carbonyl (C=O) groups is 2. The van der Waals surface area contributed by atoms with Crippen molar-refractivity contribution in [2.24, 2.45) is 27.7 Å².